The molecule has 0 amide bonds. The third-order valence-electron chi connectivity index (χ3n) is 6.97. The lowest BCUT2D eigenvalue weighted by Gasteiger charge is -2.27. The highest BCUT2D eigenvalue weighted by atomic mass is 19.2. The van der Waals surface area contributed by atoms with Crippen LogP contribution in [0.15, 0.2) is 60.7 Å². The molecule has 1 aliphatic rings. The van der Waals surface area contributed by atoms with E-state index in [2.05, 4.69) is 6.92 Å². The fourth-order valence-electron chi connectivity index (χ4n) is 4.89. The van der Waals surface area contributed by atoms with Gasteiger partial charge in [-0.3, -0.25) is 0 Å². The first-order chi connectivity index (χ1) is 17.4. The summed E-state index contributed by atoms with van der Waals surface area (Å²) in [5, 5.41) is 0. The van der Waals surface area contributed by atoms with E-state index in [4.69, 9.17) is 4.74 Å². The largest absolute Gasteiger partial charge is 0.374 e. The third-order valence-corrected chi connectivity index (χ3v) is 6.97. The maximum Gasteiger partial charge on any atom is 0.167 e. The van der Waals surface area contributed by atoms with E-state index >= 15 is 8.78 Å². The molecule has 1 fully saturated rings. The predicted molar refractivity (Wildman–Crippen MR) is 137 cm³/mol. The van der Waals surface area contributed by atoms with Crippen molar-refractivity contribution in [3.05, 3.63) is 95.1 Å². The lowest BCUT2D eigenvalue weighted by atomic mass is 9.91. The molecule has 3 aromatic rings. The number of hydrogen-bond acceptors (Lipinski definition) is 1. The van der Waals surface area contributed by atoms with Crippen molar-refractivity contribution < 1.29 is 22.3 Å². The van der Waals surface area contributed by atoms with Crippen LogP contribution in [-0.4, -0.2) is 12.7 Å². The Morgan fingerprint density at radius 1 is 0.778 bits per heavy atom. The monoisotopic (exact) mass is 496 g/mol. The van der Waals surface area contributed by atoms with E-state index in [1.165, 1.54) is 24.3 Å². The van der Waals surface area contributed by atoms with Gasteiger partial charge >= 0.3 is 0 Å². The minimum Gasteiger partial charge on any atom is -0.374 e. The van der Waals surface area contributed by atoms with Crippen LogP contribution in [0.5, 0.6) is 0 Å². The zero-order valence-electron chi connectivity index (χ0n) is 20.8. The lowest BCUT2D eigenvalue weighted by Crippen LogP contribution is -2.24. The molecule has 1 saturated heterocycles. The van der Waals surface area contributed by atoms with Crippen molar-refractivity contribution in [3.63, 3.8) is 0 Å². The van der Waals surface area contributed by atoms with Crippen molar-refractivity contribution in [1.29, 1.82) is 0 Å². The Morgan fingerprint density at radius 2 is 1.42 bits per heavy atom. The number of halogens is 4. The van der Waals surface area contributed by atoms with Gasteiger partial charge in [0.25, 0.3) is 0 Å². The van der Waals surface area contributed by atoms with Gasteiger partial charge in [0.2, 0.25) is 0 Å². The number of aryl methyl sites for hydroxylation is 2. The number of rotatable bonds is 8. The average Bonchev–Trinajstić information content (AvgIpc) is 2.89. The molecule has 4 rings (SSSR count). The molecular weight excluding hydrogens is 464 g/mol. The molecule has 1 nitrogen and oxygen atoms in total. The Hall–Kier alpha value is -2.92. The van der Waals surface area contributed by atoms with Gasteiger partial charge in [-0.1, -0.05) is 74.0 Å². The van der Waals surface area contributed by atoms with Gasteiger partial charge in [-0.15, -0.1) is 0 Å². The summed E-state index contributed by atoms with van der Waals surface area (Å²) >= 11 is 0. The maximum absolute atomic E-state index is 15.0. The average molecular weight is 497 g/mol. The maximum atomic E-state index is 15.0. The molecule has 1 heterocycles. The highest BCUT2D eigenvalue weighted by Crippen LogP contribution is 2.34. The lowest BCUT2D eigenvalue weighted by molar-refractivity contribution is 0.00856. The smallest absolute Gasteiger partial charge is 0.167 e. The van der Waals surface area contributed by atoms with Gasteiger partial charge in [0.15, 0.2) is 23.3 Å². The zero-order chi connectivity index (χ0) is 25.7. The van der Waals surface area contributed by atoms with Crippen molar-refractivity contribution in [2.45, 2.75) is 58.5 Å². The van der Waals surface area contributed by atoms with Crippen LogP contribution >= 0.6 is 0 Å². The van der Waals surface area contributed by atoms with Crippen LogP contribution in [0.4, 0.5) is 17.6 Å². The topological polar surface area (TPSA) is 9.23 Å². The molecule has 36 heavy (non-hydrogen) atoms. The van der Waals surface area contributed by atoms with Crippen molar-refractivity contribution in [2.75, 3.05) is 6.61 Å². The summed E-state index contributed by atoms with van der Waals surface area (Å²) in [6.07, 6.45) is 8.93. The number of allylic oxidation sites excluding steroid dienone is 1. The van der Waals surface area contributed by atoms with Crippen LogP contribution in [0.3, 0.4) is 0 Å². The van der Waals surface area contributed by atoms with Gasteiger partial charge in [0, 0.05) is 16.7 Å². The Balaban J connectivity index is 1.50. The zero-order valence-corrected chi connectivity index (χ0v) is 20.8. The van der Waals surface area contributed by atoms with Gasteiger partial charge in [0.1, 0.15) is 0 Å². The fourth-order valence-corrected chi connectivity index (χ4v) is 4.89. The van der Waals surface area contributed by atoms with E-state index in [-0.39, 0.29) is 34.3 Å². The molecule has 2 atom stereocenters. The van der Waals surface area contributed by atoms with Crippen LogP contribution in [-0.2, 0) is 17.6 Å². The molecule has 0 saturated carbocycles. The second-order valence-corrected chi connectivity index (χ2v) is 9.52. The van der Waals surface area contributed by atoms with E-state index in [1.807, 2.05) is 31.2 Å². The van der Waals surface area contributed by atoms with Crippen molar-refractivity contribution in [3.8, 4) is 22.3 Å². The first-order valence-corrected chi connectivity index (χ1v) is 12.7. The minimum absolute atomic E-state index is 0.0863. The first-order valence-electron chi connectivity index (χ1n) is 12.7. The SMILES string of the molecule is C/C=C/C1CCC(CCc2ccc(-c3ccc(-c4ccc(CCC)cc4)c(F)c3F)c(F)c2F)CO1. The Morgan fingerprint density at radius 3 is 2.06 bits per heavy atom. The van der Waals surface area contributed by atoms with Crippen molar-refractivity contribution in [2.24, 2.45) is 5.92 Å². The van der Waals surface area contributed by atoms with E-state index in [9.17, 15) is 8.78 Å². The molecular formula is C31H32F4O. The standard InChI is InChI=1S/C31H32F4O/c1-3-5-20-7-11-22(12-8-20)25-17-18-27(31(35)29(25)33)26-16-14-23(28(32)30(26)34)13-9-21-10-15-24(6-4-2)36-19-21/h4,6-8,11-12,14,16-18,21,24H,3,5,9-10,13,15,19H2,1-2H3/b6-4+. The molecule has 1 aliphatic heterocycles. The van der Waals surface area contributed by atoms with E-state index in [0.29, 0.717) is 25.0 Å². The summed E-state index contributed by atoms with van der Waals surface area (Å²) in [5.41, 5.74) is 1.39. The minimum atomic E-state index is -1.19. The van der Waals surface area contributed by atoms with Crippen molar-refractivity contribution >= 4 is 0 Å². The second kappa shape index (κ2) is 11.9. The summed E-state index contributed by atoms with van der Waals surface area (Å²) in [7, 11) is 0. The summed E-state index contributed by atoms with van der Waals surface area (Å²) < 4.78 is 65.7. The molecule has 0 radical (unpaired) electrons. The molecule has 0 bridgehead atoms. The summed E-state index contributed by atoms with van der Waals surface area (Å²) in [5.74, 6) is -4.15. The second-order valence-electron chi connectivity index (χ2n) is 9.52. The number of hydrogen-bond donors (Lipinski definition) is 0. The van der Waals surface area contributed by atoms with E-state index in [1.54, 1.807) is 12.1 Å². The summed E-state index contributed by atoms with van der Waals surface area (Å²) in [4.78, 5) is 0. The van der Waals surface area contributed by atoms with Crippen LogP contribution in [0.25, 0.3) is 22.3 Å². The van der Waals surface area contributed by atoms with Crippen LogP contribution in [0, 0.1) is 29.2 Å². The molecule has 2 unspecified atom stereocenters. The van der Waals surface area contributed by atoms with E-state index < -0.39 is 23.3 Å². The van der Waals surface area contributed by atoms with E-state index in [0.717, 1.165) is 31.2 Å². The Labute approximate surface area is 210 Å². The molecule has 0 aliphatic carbocycles. The van der Waals surface area contributed by atoms with Gasteiger partial charge in [-0.25, -0.2) is 17.6 Å². The third kappa shape index (κ3) is 5.73. The normalized spacial score (nSPS) is 18.2. The molecule has 3 aromatic carbocycles. The molecule has 0 spiro atoms. The van der Waals surface area contributed by atoms with Gasteiger partial charge < -0.3 is 4.74 Å². The summed E-state index contributed by atoms with van der Waals surface area (Å²) in [6, 6.07) is 12.8. The van der Waals surface area contributed by atoms with Gasteiger partial charge in [-0.2, -0.15) is 0 Å². The molecule has 0 N–H and O–H groups in total. The van der Waals surface area contributed by atoms with Crippen molar-refractivity contribution in [1.82, 2.24) is 0 Å². The first kappa shape index (κ1) is 26.2. The van der Waals surface area contributed by atoms with Crippen LogP contribution < -0.4 is 0 Å². The highest BCUT2D eigenvalue weighted by molar-refractivity contribution is 5.72. The van der Waals surface area contributed by atoms with Gasteiger partial charge in [0.05, 0.1) is 12.7 Å². The Kier molecular flexibility index (Phi) is 8.63. The summed E-state index contributed by atoms with van der Waals surface area (Å²) in [6.45, 7) is 4.62. The molecule has 190 valence electrons. The van der Waals surface area contributed by atoms with Crippen LogP contribution in [0.2, 0.25) is 0 Å². The Bertz CT molecular complexity index is 1210. The molecule has 0 aromatic heterocycles. The quantitative estimate of drug-likeness (QED) is 0.224. The van der Waals surface area contributed by atoms with Gasteiger partial charge in [-0.05, 0) is 61.6 Å². The fraction of sp³-hybridized carbons (Fsp3) is 0.355. The number of benzene rings is 3. The highest BCUT2D eigenvalue weighted by Gasteiger charge is 2.23. The predicted octanol–water partition coefficient (Wildman–Crippen LogP) is 8.83. The number of ether oxygens (including phenoxy) is 1. The molecule has 5 heteroatoms. The van der Waals surface area contributed by atoms with Crippen LogP contribution in [0.1, 0.15) is 50.7 Å².